The topological polar surface area (TPSA) is 95.6 Å². The smallest absolute Gasteiger partial charge is 0.271 e. The van der Waals surface area contributed by atoms with Crippen LogP contribution in [0, 0.1) is 21.4 Å². The maximum atomic E-state index is 10.7. The minimum Gasteiger partial charge on any atom is -0.338 e. The average Bonchev–Trinajstić information content (AvgIpc) is 2.90. The molecule has 6 nitrogen and oxygen atoms in total. The molecule has 0 fully saturated rings. The largest absolute Gasteiger partial charge is 0.338 e. The van der Waals surface area contributed by atoms with Gasteiger partial charge in [-0.15, -0.1) is 0 Å². The number of imidazole rings is 1. The molecule has 0 bridgehead atoms. The van der Waals surface area contributed by atoms with Gasteiger partial charge in [0.05, 0.1) is 27.6 Å². The molecule has 96 valence electrons. The van der Waals surface area contributed by atoms with Gasteiger partial charge < -0.3 is 4.98 Å². The normalized spacial score (nSPS) is 10.3. The molecule has 0 atom stereocenters. The van der Waals surface area contributed by atoms with Crippen molar-refractivity contribution in [1.82, 2.24) is 9.97 Å². The summed E-state index contributed by atoms with van der Waals surface area (Å²) in [6, 6.07) is 13.5. The SMILES string of the molecule is N#Cc1ccc(-c2nc3ccc([N+](=O)[O-])cc3[nH]2)cc1. The molecule has 3 aromatic rings. The van der Waals surface area contributed by atoms with Crippen LogP contribution in [0.25, 0.3) is 22.4 Å². The van der Waals surface area contributed by atoms with E-state index in [1.165, 1.54) is 12.1 Å². The number of nitrogens with one attached hydrogen (secondary N) is 1. The molecule has 0 radical (unpaired) electrons. The van der Waals surface area contributed by atoms with Crippen LogP contribution in [0.5, 0.6) is 0 Å². The molecule has 0 saturated heterocycles. The number of nitro benzene ring substituents is 1. The van der Waals surface area contributed by atoms with Crippen LogP contribution >= 0.6 is 0 Å². The molecule has 1 aromatic heterocycles. The van der Waals surface area contributed by atoms with E-state index in [0.717, 1.165) is 5.56 Å². The lowest BCUT2D eigenvalue weighted by atomic mass is 10.1. The molecule has 2 aromatic carbocycles. The van der Waals surface area contributed by atoms with Crippen molar-refractivity contribution in [3.8, 4) is 17.5 Å². The summed E-state index contributed by atoms with van der Waals surface area (Å²) >= 11 is 0. The Hall–Kier alpha value is -3.20. The van der Waals surface area contributed by atoms with E-state index in [-0.39, 0.29) is 5.69 Å². The number of nitro groups is 1. The monoisotopic (exact) mass is 264 g/mol. The summed E-state index contributed by atoms with van der Waals surface area (Å²) < 4.78 is 0. The Morgan fingerprint density at radius 2 is 1.95 bits per heavy atom. The van der Waals surface area contributed by atoms with Crippen LogP contribution in [0.3, 0.4) is 0 Å². The molecule has 0 aliphatic carbocycles. The van der Waals surface area contributed by atoms with Gasteiger partial charge in [0.25, 0.3) is 5.69 Å². The summed E-state index contributed by atoms with van der Waals surface area (Å²) in [6.45, 7) is 0. The lowest BCUT2D eigenvalue weighted by Crippen LogP contribution is -1.86. The zero-order valence-corrected chi connectivity index (χ0v) is 10.2. The number of H-pyrrole nitrogens is 1. The number of hydrogen-bond donors (Lipinski definition) is 1. The fourth-order valence-electron chi connectivity index (χ4n) is 1.95. The summed E-state index contributed by atoms with van der Waals surface area (Å²) in [5, 5.41) is 19.5. The lowest BCUT2D eigenvalue weighted by Gasteiger charge is -1.95. The molecule has 0 aliphatic rings. The zero-order chi connectivity index (χ0) is 14.1. The van der Waals surface area contributed by atoms with E-state index >= 15 is 0 Å². The Morgan fingerprint density at radius 1 is 1.20 bits per heavy atom. The fraction of sp³-hybridized carbons (Fsp3) is 0. The second-order valence-corrected chi connectivity index (χ2v) is 4.23. The van der Waals surface area contributed by atoms with Crippen LogP contribution in [-0.4, -0.2) is 14.9 Å². The second-order valence-electron chi connectivity index (χ2n) is 4.23. The molecule has 0 amide bonds. The first kappa shape index (κ1) is 11.9. The van der Waals surface area contributed by atoms with Gasteiger partial charge in [-0.25, -0.2) is 4.98 Å². The van der Waals surface area contributed by atoms with Crippen molar-refractivity contribution < 1.29 is 4.92 Å². The van der Waals surface area contributed by atoms with Crippen molar-refractivity contribution in [3.05, 3.63) is 58.1 Å². The Kier molecular flexibility index (Phi) is 2.66. The molecule has 6 heteroatoms. The highest BCUT2D eigenvalue weighted by Gasteiger charge is 2.10. The third-order valence-electron chi connectivity index (χ3n) is 2.96. The van der Waals surface area contributed by atoms with Gasteiger partial charge in [-0.1, -0.05) is 0 Å². The fourth-order valence-corrected chi connectivity index (χ4v) is 1.95. The Balaban J connectivity index is 2.08. The molecular formula is C14H8N4O2. The highest BCUT2D eigenvalue weighted by Crippen LogP contribution is 2.23. The van der Waals surface area contributed by atoms with E-state index in [4.69, 9.17) is 5.26 Å². The average molecular weight is 264 g/mol. The number of aromatic nitrogens is 2. The minimum atomic E-state index is -0.443. The Labute approximate surface area is 113 Å². The highest BCUT2D eigenvalue weighted by molar-refractivity contribution is 5.81. The molecule has 0 aliphatic heterocycles. The number of rotatable bonds is 2. The molecular weight excluding hydrogens is 256 g/mol. The van der Waals surface area contributed by atoms with E-state index in [1.54, 1.807) is 30.3 Å². The number of non-ortho nitro benzene ring substituents is 1. The first-order valence-corrected chi connectivity index (χ1v) is 5.82. The van der Waals surface area contributed by atoms with Crippen LogP contribution in [-0.2, 0) is 0 Å². The predicted molar refractivity (Wildman–Crippen MR) is 72.9 cm³/mol. The number of hydrogen-bond acceptors (Lipinski definition) is 4. The van der Waals surface area contributed by atoms with Crippen LogP contribution < -0.4 is 0 Å². The molecule has 3 rings (SSSR count). The molecule has 0 unspecified atom stereocenters. The van der Waals surface area contributed by atoms with Gasteiger partial charge in [-0.05, 0) is 30.3 Å². The third kappa shape index (κ3) is 1.97. The van der Waals surface area contributed by atoms with Crippen LogP contribution in [0.4, 0.5) is 5.69 Å². The van der Waals surface area contributed by atoms with Crippen molar-refractivity contribution in [3.63, 3.8) is 0 Å². The molecule has 20 heavy (non-hydrogen) atoms. The van der Waals surface area contributed by atoms with Gasteiger partial charge in [-0.3, -0.25) is 10.1 Å². The van der Waals surface area contributed by atoms with Crippen LogP contribution in [0.1, 0.15) is 5.56 Å². The van der Waals surface area contributed by atoms with E-state index in [9.17, 15) is 10.1 Å². The van der Waals surface area contributed by atoms with Gasteiger partial charge in [0.1, 0.15) is 5.82 Å². The van der Waals surface area contributed by atoms with Crippen molar-refractivity contribution in [1.29, 1.82) is 5.26 Å². The van der Waals surface area contributed by atoms with Gasteiger partial charge in [-0.2, -0.15) is 5.26 Å². The summed E-state index contributed by atoms with van der Waals surface area (Å²) in [4.78, 5) is 17.7. The van der Waals surface area contributed by atoms with E-state index in [2.05, 4.69) is 9.97 Å². The first-order chi connectivity index (χ1) is 9.67. The first-order valence-electron chi connectivity index (χ1n) is 5.82. The number of aromatic amines is 1. The maximum Gasteiger partial charge on any atom is 0.271 e. The Morgan fingerprint density at radius 3 is 2.60 bits per heavy atom. The van der Waals surface area contributed by atoms with Gasteiger partial charge in [0, 0.05) is 17.7 Å². The second kappa shape index (κ2) is 4.48. The standard InChI is InChI=1S/C14H8N4O2/c15-8-9-1-3-10(4-2-9)14-16-12-6-5-11(18(19)20)7-13(12)17-14/h1-7H,(H,16,17). The quantitative estimate of drug-likeness (QED) is 0.568. The molecule has 0 saturated carbocycles. The summed E-state index contributed by atoms with van der Waals surface area (Å²) in [6.07, 6.45) is 0. The predicted octanol–water partition coefficient (Wildman–Crippen LogP) is 3.01. The number of fused-ring (bicyclic) bond motifs is 1. The molecule has 1 heterocycles. The summed E-state index contributed by atoms with van der Waals surface area (Å²) in [5.41, 5.74) is 2.68. The van der Waals surface area contributed by atoms with Crippen LogP contribution in [0.15, 0.2) is 42.5 Å². The Bertz CT molecular complexity index is 844. The number of nitrogens with zero attached hydrogens (tertiary/aromatic N) is 3. The summed E-state index contributed by atoms with van der Waals surface area (Å²) in [5.74, 6) is 0.616. The number of nitriles is 1. The van der Waals surface area contributed by atoms with E-state index in [0.29, 0.717) is 22.4 Å². The molecule has 0 spiro atoms. The van der Waals surface area contributed by atoms with Crippen LogP contribution in [0.2, 0.25) is 0 Å². The van der Waals surface area contributed by atoms with Gasteiger partial charge in [0.15, 0.2) is 0 Å². The highest BCUT2D eigenvalue weighted by atomic mass is 16.6. The van der Waals surface area contributed by atoms with Crippen molar-refractivity contribution in [2.45, 2.75) is 0 Å². The van der Waals surface area contributed by atoms with Crippen molar-refractivity contribution in [2.75, 3.05) is 0 Å². The van der Waals surface area contributed by atoms with E-state index < -0.39 is 4.92 Å². The van der Waals surface area contributed by atoms with Gasteiger partial charge in [0.2, 0.25) is 0 Å². The van der Waals surface area contributed by atoms with Crippen molar-refractivity contribution in [2.24, 2.45) is 0 Å². The minimum absolute atomic E-state index is 0.0209. The zero-order valence-electron chi connectivity index (χ0n) is 10.2. The van der Waals surface area contributed by atoms with Crippen molar-refractivity contribution >= 4 is 16.7 Å². The number of benzene rings is 2. The van der Waals surface area contributed by atoms with E-state index in [1.807, 2.05) is 6.07 Å². The lowest BCUT2D eigenvalue weighted by molar-refractivity contribution is -0.384. The third-order valence-corrected chi connectivity index (χ3v) is 2.96. The molecule has 1 N–H and O–H groups in total. The van der Waals surface area contributed by atoms with Gasteiger partial charge >= 0.3 is 0 Å². The summed E-state index contributed by atoms with van der Waals surface area (Å²) in [7, 11) is 0. The maximum absolute atomic E-state index is 10.7.